The highest BCUT2D eigenvalue weighted by molar-refractivity contribution is 5.87. The van der Waals surface area contributed by atoms with E-state index in [9.17, 15) is 9.59 Å². The number of carbonyl (C=O) groups is 3. The van der Waals surface area contributed by atoms with Crippen LogP contribution in [0.3, 0.4) is 0 Å². The summed E-state index contributed by atoms with van der Waals surface area (Å²) in [6.45, 7) is 6.61. The third-order valence-corrected chi connectivity index (χ3v) is 3.03. The molecule has 0 spiro atoms. The van der Waals surface area contributed by atoms with Gasteiger partial charge in [-0.3, -0.25) is 9.59 Å². The average Bonchev–Trinajstić information content (AvgIpc) is 2.91. The standard InChI is InChI=1S/C12H23N3O3.CH2O2/c1-7(2)10(13)11(16)15-8(3)12(17)18-9-4-5-14-6-9;2-1-3/h7-10,14H,4-6,13H2,1-3H3,(H,15,16);1H,(H,2,3). The maximum Gasteiger partial charge on any atom is 0.328 e. The Hall–Kier alpha value is -1.67. The van der Waals surface area contributed by atoms with Gasteiger partial charge in [-0.15, -0.1) is 0 Å². The van der Waals surface area contributed by atoms with Crippen molar-refractivity contribution in [1.82, 2.24) is 10.6 Å². The van der Waals surface area contributed by atoms with Crippen LogP contribution < -0.4 is 16.4 Å². The molecule has 0 aromatic heterocycles. The zero-order valence-corrected chi connectivity index (χ0v) is 12.7. The van der Waals surface area contributed by atoms with Crippen molar-refractivity contribution in [2.75, 3.05) is 13.1 Å². The molecule has 0 aromatic carbocycles. The molecule has 0 bridgehead atoms. The van der Waals surface area contributed by atoms with Crippen molar-refractivity contribution in [3.8, 4) is 0 Å². The summed E-state index contributed by atoms with van der Waals surface area (Å²) in [5, 5.41) is 12.6. The van der Waals surface area contributed by atoms with Crippen molar-refractivity contribution in [2.45, 2.75) is 45.4 Å². The fourth-order valence-electron chi connectivity index (χ4n) is 1.67. The Kier molecular flexibility index (Phi) is 9.31. The van der Waals surface area contributed by atoms with Gasteiger partial charge in [0.25, 0.3) is 6.47 Å². The lowest BCUT2D eigenvalue weighted by Crippen LogP contribution is -2.50. The summed E-state index contributed by atoms with van der Waals surface area (Å²) < 4.78 is 5.26. The Morgan fingerprint density at radius 3 is 2.43 bits per heavy atom. The molecule has 3 unspecified atom stereocenters. The van der Waals surface area contributed by atoms with Crippen molar-refractivity contribution in [1.29, 1.82) is 0 Å². The highest BCUT2D eigenvalue weighted by atomic mass is 16.5. The molecule has 3 atom stereocenters. The third kappa shape index (κ3) is 7.62. The Labute approximate surface area is 124 Å². The van der Waals surface area contributed by atoms with Gasteiger partial charge in [0.15, 0.2) is 0 Å². The van der Waals surface area contributed by atoms with Crippen LogP contribution in [0, 0.1) is 5.92 Å². The first-order valence-electron chi connectivity index (χ1n) is 6.88. The average molecular weight is 303 g/mol. The Balaban J connectivity index is 0.00000122. The Morgan fingerprint density at radius 1 is 1.43 bits per heavy atom. The van der Waals surface area contributed by atoms with Crippen LogP contribution in [0.2, 0.25) is 0 Å². The Bertz CT molecular complexity index is 343. The van der Waals surface area contributed by atoms with Crippen molar-refractivity contribution >= 4 is 18.3 Å². The van der Waals surface area contributed by atoms with Crippen LogP contribution in [0.25, 0.3) is 0 Å². The van der Waals surface area contributed by atoms with Gasteiger partial charge in [-0.1, -0.05) is 13.8 Å². The van der Waals surface area contributed by atoms with E-state index in [1.807, 2.05) is 13.8 Å². The summed E-state index contributed by atoms with van der Waals surface area (Å²) in [7, 11) is 0. The van der Waals surface area contributed by atoms with Crippen molar-refractivity contribution < 1.29 is 24.2 Å². The van der Waals surface area contributed by atoms with E-state index in [0.717, 1.165) is 13.0 Å². The number of ether oxygens (including phenoxy) is 1. The van der Waals surface area contributed by atoms with Crippen molar-refractivity contribution in [3.63, 3.8) is 0 Å². The molecule has 1 aliphatic rings. The number of amides is 1. The van der Waals surface area contributed by atoms with Gasteiger partial charge in [0, 0.05) is 6.54 Å². The van der Waals surface area contributed by atoms with Crippen LogP contribution in [0.15, 0.2) is 0 Å². The van der Waals surface area contributed by atoms with E-state index in [1.165, 1.54) is 0 Å². The number of nitrogens with two attached hydrogens (primary N) is 1. The molecule has 1 aliphatic heterocycles. The van der Waals surface area contributed by atoms with Crippen LogP contribution in [0.4, 0.5) is 0 Å². The normalized spacial score (nSPS) is 20.0. The summed E-state index contributed by atoms with van der Waals surface area (Å²) >= 11 is 0. The van der Waals surface area contributed by atoms with Crippen LogP contribution in [0.5, 0.6) is 0 Å². The van der Waals surface area contributed by atoms with E-state index in [0.29, 0.717) is 6.54 Å². The first-order valence-corrected chi connectivity index (χ1v) is 6.88. The zero-order valence-electron chi connectivity index (χ0n) is 12.7. The molecule has 1 fully saturated rings. The molecule has 1 saturated heterocycles. The summed E-state index contributed by atoms with van der Waals surface area (Å²) in [5.74, 6) is -0.695. The summed E-state index contributed by atoms with van der Waals surface area (Å²) in [6.07, 6.45) is 0.730. The summed E-state index contributed by atoms with van der Waals surface area (Å²) in [5.41, 5.74) is 5.70. The molecule has 8 nitrogen and oxygen atoms in total. The maximum atomic E-state index is 11.7. The Morgan fingerprint density at radius 2 is 2.00 bits per heavy atom. The number of carboxylic acid groups (broad SMARTS) is 1. The topological polar surface area (TPSA) is 131 Å². The summed E-state index contributed by atoms with van der Waals surface area (Å²) in [6, 6.07) is -1.27. The number of esters is 1. The molecule has 21 heavy (non-hydrogen) atoms. The minimum absolute atomic E-state index is 0.0345. The lowest BCUT2D eigenvalue weighted by atomic mass is 10.0. The summed E-state index contributed by atoms with van der Waals surface area (Å²) in [4.78, 5) is 31.8. The number of nitrogens with one attached hydrogen (secondary N) is 2. The molecular formula is C13H25N3O5. The second-order valence-electron chi connectivity index (χ2n) is 5.16. The number of rotatable bonds is 5. The molecule has 1 rings (SSSR count). The second kappa shape index (κ2) is 10.1. The molecular weight excluding hydrogens is 278 g/mol. The lowest BCUT2D eigenvalue weighted by Gasteiger charge is -2.20. The fraction of sp³-hybridized carbons (Fsp3) is 0.769. The fourth-order valence-corrected chi connectivity index (χ4v) is 1.67. The lowest BCUT2D eigenvalue weighted by molar-refractivity contribution is -0.151. The molecule has 0 saturated carbocycles. The van der Waals surface area contributed by atoms with Crippen molar-refractivity contribution in [2.24, 2.45) is 11.7 Å². The van der Waals surface area contributed by atoms with Crippen LogP contribution >= 0.6 is 0 Å². The van der Waals surface area contributed by atoms with Crippen molar-refractivity contribution in [3.05, 3.63) is 0 Å². The predicted molar refractivity (Wildman–Crippen MR) is 76.5 cm³/mol. The smallest absolute Gasteiger partial charge is 0.328 e. The second-order valence-corrected chi connectivity index (χ2v) is 5.16. The van der Waals surface area contributed by atoms with E-state index < -0.39 is 18.1 Å². The largest absolute Gasteiger partial charge is 0.483 e. The molecule has 0 radical (unpaired) electrons. The van der Waals surface area contributed by atoms with Gasteiger partial charge in [-0.25, -0.2) is 4.79 Å². The first-order chi connectivity index (χ1) is 9.83. The van der Waals surface area contributed by atoms with Gasteiger partial charge in [0.2, 0.25) is 5.91 Å². The maximum absolute atomic E-state index is 11.7. The minimum atomic E-state index is -0.664. The highest BCUT2D eigenvalue weighted by Crippen LogP contribution is 2.05. The van der Waals surface area contributed by atoms with Gasteiger partial charge < -0.3 is 26.2 Å². The highest BCUT2D eigenvalue weighted by Gasteiger charge is 2.25. The van der Waals surface area contributed by atoms with E-state index in [4.69, 9.17) is 20.4 Å². The van der Waals surface area contributed by atoms with Crippen LogP contribution in [-0.4, -0.2) is 54.7 Å². The van der Waals surface area contributed by atoms with Crippen LogP contribution in [-0.2, 0) is 19.1 Å². The van der Waals surface area contributed by atoms with Crippen LogP contribution in [0.1, 0.15) is 27.2 Å². The van der Waals surface area contributed by atoms with Gasteiger partial charge >= 0.3 is 5.97 Å². The molecule has 122 valence electrons. The number of hydrogen-bond acceptors (Lipinski definition) is 6. The van der Waals surface area contributed by atoms with Gasteiger partial charge in [-0.05, 0) is 25.8 Å². The zero-order chi connectivity index (χ0) is 16.4. The molecule has 5 N–H and O–H groups in total. The van der Waals surface area contributed by atoms with E-state index in [2.05, 4.69) is 10.6 Å². The van der Waals surface area contributed by atoms with Gasteiger partial charge in [-0.2, -0.15) is 0 Å². The number of carbonyl (C=O) groups excluding carboxylic acids is 2. The van der Waals surface area contributed by atoms with Gasteiger partial charge in [0.05, 0.1) is 6.04 Å². The molecule has 1 amide bonds. The minimum Gasteiger partial charge on any atom is -0.483 e. The first kappa shape index (κ1) is 19.3. The predicted octanol–water partition coefficient (Wildman–Crippen LogP) is -0.920. The van der Waals surface area contributed by atoms with E-state index in [1.54, 1.807) is 6.92 Å². The molecule has 8 heteroatoms. The monoisotopic (exact) mass is 303 g/mol. The molecule has 1 heterocycles. The quantitative estimate of drug-likeness (QED) is 0.381. The third-order valence-electron chi connectivity index (χ3n) is 3.03. The SMILES string of the molecule is CC(NC(=O)C(N)C(C)C)C(=O)OC1CCNC1.O=CO. The molecule has 0 aromatic rings. The molecule has 0 aliphatic carbocycles. The van der Waals surface area contributed by atoms with Gasteiger partial charge in [0.1, 0.15) is 12.1 Å². The number of hydrogen-bond donors (Lipinski definition) is 4. The van der Waals surface area contributed by atoms with E-state index >= 15 is 0 Å². The van der Waals surface area contributed by atoms with E-state index in [-0.39, 0.29) is 24.4 Å².